The molecular weight excluding hydrogens is 609 g/mol. The Kier molecular flexibility index (Phi) is 9.98. The Labute approximate surface area is 245 Å². The van der Waals surface area contributed by atoms with Crippen molar-refractivity contribution in [2.75, 3.05) is 23.8 Å². The van der Waals surface area contributed by atoms with Crippen molar-refractivity contribution >= 4 is 64.7 Å². The first-order valence-electron chi connectivity index (χ1n) is 12.0. The summed E-state index contributed by atoms with van der Waals surface area (Å²) in [7, 11) is 0. The Bertz CT molecular complexity index is 1330. The first kappa shape index (κ1) is 30.6. The standard InChI is InChI=1S/C25H24ClF3N4O4S3/c26-17-3-2-15(25(27,28)29)10-18(17)39-13-19(34)31-20-22(35)33-21(24(36)37)14(12-40-23(20)33)11-38-16-4-8-32(9-5-16)7-1-6-30/h2-5,8-10,20,23H,1,6-7,11-13,30H2,(H-,31,34,36,37)/t20-,23-/m1/s1. The van der Waals surface area contributed by atoms with Gasteiger partial charge in [-0.25, -0.2) is 4.57 Å². The maximum atomic E-state index is 13.0. The number of carboxylic acids is 1. The van der Waals surface area contributed by atoms with Gasteiger partial charge in [0.15, 0.2) is 12.4 Å². The minimum absolute atomic E-state index is 0.0648. The molecule has 4 rings (SSSR count). The van der Waals surface area contributed by atoms with Crippen LogP contribution in [0.15, 0.2) is 63.8 Å². The number of carbonyl (C=O) groups excluding carboxylic acids is 3. The molecule has 1 fully saturated rings. The van der Waals surface area contributed by atoms with Crippen molar-refractivity contribution in [2.24, 2.45) is 5.73 Å². The summed E-state index contributed by atoms with van der Waals surface area (Å²) < 4.78 is 41.0. The number of aromatic nitrogens is 1. The highest BCUT2D eigenvalue weighted by Crippen LogP contribution is 2.41. The second kappa shape index (κ2) is 13.1. The maximum Gasteiger partial charge on any atom is 0.416 e. The van der Waals surface area contributed by atoms with Gasteiger partial charge in [0.2, 0.25) is 5.91 Å². The number of thioether (sulfide) groups is 3. The average molecular weight is 633 g/mol. The van der Waals surface area contributed by atoms with Gasteiger partial charge >= 0.3 is 6.18 Å². The van der Waals surface area contributed by atoms with Crippen molar-refractivity contribution in [3.63, 3.8) is 0 Å². The number of halogens is 4. The number of nitrogens with one attached hydrogen (secondary N) is 1. The number of alkyl halides is 3. The highest BCUT2D eigenvalue weighted by molar-refractivity contribution is 8.01. The number of nitrogens with zero attached hydrogens (tertiary/aromatic N) is 2. The number of hydrogen-bond acceptors (Lipinski definition) is 8. The molecule has 1 aromatic carbocycles. The molecule has 40 heavy (non-hydrogen) atoms. The van der Waals surface area contributed by atoms with E-state index in [9.17, 15) is 32.7 Å². The van der Waals surface area contributed by atoms with Crippen molar-refractivity contribution in [1.82, 2.24) is 10.2 Å². The third-order valence-electron chi connectivity index (χ3n) is 6.07. The summed E-state index contributed by atoms with van der Waals surface area (Å²) >= 11 is 9.55. The van der Waals surface area contributed by atoms with Crippen molar-refractivity contribution in [1.29, 1.82) is 0 Å². The molecule has 0 saturated carbocycles. The van der Waals surface area contributed by atoms with E-state index in [1.54, 1.807) is 0 Å². The SMILES string of the molecule is NCCC[n+]1ccc(SCC2=C(C(=O)[O-])N3C(=O)[C@@H](NC(=O)CSc4cc(C(F)(F)F)ccc4Cl)[C@H]3SC2)cc1. The van der Waals surface area contributed by atoms with Gasteiger partial charge in [0.05, 0.1) is 28.0 Å². The van der Waals surface area contributed by atoms with Gasteiger partial charge in [-0.05, 0) is 30.3 Å². The van der Waals surface area contributed by atoms with Crippen molar-refractivity contribution < 1.29 is 37.2 Å². The number of β-lactam (4-membered cyclic amide) rings is 1. The zero-order chi connectivity index (χ0) is 29.0. The molecule has 3 N–H and O–H groups in total. The summed E-state index contributed by atoms with van der Waals surface area (Å²) in [5.74, 6) is -2.27. The molecule has 3 heterocycles. The molecule has 15 heteroatoms. The summed E-state index contributed by atoms with van der Waals surface area (Å²) in [6, 6.07) is 5.70. The lowest BCUT2D eigenvalue weighted by atomic mass is 10.0. The summed E-state index contributed by atoms with van der Waals surface area (Å²) in [4.78, 5) is 39.5. The Hall–Kier alpha value is -2.39. The average Bonchev–Trinajstić information content (AvgIpc) is 2.92. The molecule has 214 valence electrons. The molecular formula is C25H24ClF3N4O4S3. The number of aliphatic carboxylic acids is 1. The number of hydrogen-bond donors (Lipinski definition) is 2. The van der Waals surface area contributed by atoms with Crippen LogP contribution in [-0.2, 0) is 27.1 Å². The molecule has 2 aliphatic rings. The van der Waals surface area contributed by atoms with Gasteiger partial charge in [-0.15, -0.1) is 35.3 Å². The molecule has 0 spiro atoms. The minimum Gasteiger partial charge on any atom is -0.543 e. The number of amides is 2. The fraction of sp³-hybridized carbons (Fsp3) is 0.360. The summed E-state index contributed by atoms with van der Waals surface area (Å²) in [6.07, 6.45) is 0.135. The van der Waals surface area contributed by atoms with E-state index in [2.05, 4.69) is 5.32 Å². The number of aryl methyl sites for hydroxylation is 1. The van der Waals surface area contributed by atoms with Crippen molar-refractivity contribution in [3.8, 4) is 0 Å². The van der Waals surface area contributed by atoms with E-state index in [1.165, 1.54) is 23.5 Å². The predicted molar refractivity (Wildman–Crippen MR) is 145 cm³/mol. The van der Waals surface area contributed by atoms with Gasteiger partial charge < -0.3 is 21.0 Å². The van der Waals surface area contributed by atoms with Crippen LogP contribution in [0.3, 0.4) is 0 Å². The number of carboxylic acid groups (broad SMARTS) is 1. The minimum atomic E-state index is -4.56. The molecule has 2 aliphatic heterocycles. The van der Waals surface area contributed by atoms with Gasteiger partial charge in [-0.2, -0.15) is 13.2 Å². The highest BCUT2D eigenvalue weighted by Gasteiger charge is 2.52. The number of pyridine rings is 1. The molecule has 1 saturated heterocycles. The second-order valence-electron chi connectivity index (χ2n) is 8.83. The normalized spacial score (nSPS) is 18.8. The Morgan fingerprint density at radius 2 is 1.95 bits per heavy atom. The Morgan fingerprint density at radius 3 is 2.60 bits per heavy atom. The fourth-order valence-electron chi connectivity index (χ4n) is 4.06. The van der Waals surface area contributed by atoms with E-state index in [4.69, 9.17) is 17.3 Å². The van der Waals surface area contributed by atoms with Gasteiger partial charge in [0.1, 0.15) is 18.0 Å². The molecule has 2 amide bonds. The van der Waals surface area contributed by atoms with Crippen molar-refractivity contribution in [3.05, 3.63) is 64.6 Å². The van der Waals surface area contributed by atoms with Crippen LogP contribution in [-0.4, -0.2) is 57.9 Å². The van der Waals surface area contributed by atoms with E-state index in [1.807, 2.05) is 29.1 Å². The third kappa shape index (κ3) is 7.08. The van der Waals surface area contributed by atoms with E-state index in [0.717, 1.165) is 52.7 Å². The monoisotopic (exact) mass is 632 g/mol. The van der Waals surface area contributed by atoms with Crippen LogP contribution in [0, 0.1) is 0 Å². The summed E-state index contributed by atoms with van der Waals surface area (Å²) in [5.41, 5.74) is 5.00. The summed E-state index contributed by atoms with van der Waals surface area (Å²) in [5, 5.41) is 14.0. The largest absolute Gasteiger partial charge is 0.543 e. The fourth-order valence-corrected chi connectivity index (χ4v) is 7.50. The van der Waals surface area contributed by atoms with Crippen LogP contribution in [0.5, 0.6) is 0 Å². The van der Waals surface area contributed by atoms with Crippen LogP contribution in [0.4, 0.5) is 13.2 Å². The number of benzene rings is 1. The first-order valence-corrected chi connectivity index (χ1v) is 15.4. The topological polar surface area (TPSA) is 119 Å². The highest BCUT2D eigenvalue weighted by atomic mass is 35.5. The van der Waals surface area contributed by atoms with Crippen LogP contribution >= 0.6 is 46.9 Å². The van der Waals surface area contributed by atoms with Crippen molar-refractivity contribution in [2.45, 2.75) is 40.3 Å². The first-order chi connectivity index (χ1) is 19.0. The molecule has 1 aromatic heterocycles. The molecule has 0 bridgehead atoms. The second-order valence-corrected chi connectivity index (χ2v) is 12.4. The summed E-state index contributed by atoms with van der Waals surface area (Å²) in [6.45, 7) is 1.39. The quantitative estimate of drug-likeness (QED) is 0.220. The van der Waals surface area contributed by atoms with Gasteiger partial charge in [0.25, 0.3) is 5.91 Å². The Morgan fingerprint density at radius 1 is 1.23 bits per heavy atom. The lowest BCUT2D eigenvalue weighted by Crippen LogP contribution is -2.71. The number of fused-ring (bicyclic) bond motifs is 1. The Balaban J connectivity index is 1.36. The molecule has 2 atom stereocenters. The number of carbonyl (C=O) groups is 3. The zero-order valence-electron chi connectivity index (χ0n) is 20.8. The number of rotatable bonds is 11. The molecule has 2 aromatic rings. The van der Waals surface area contributed by atoms with Crippen LogP contribution in [0.25, 0.3) is 0 Å². The van der Waals surface area contributed by atoms with E-state index < -0.39 is 40.9 Å². The molecule has 0 radical (unpaired) electrons. The van der Waals surface area contributed by atoms with Crippen LogP contribution in [0.2, 0.25) is 5.02 Å². The lowest BCUT2D eigenvalue weighted by Gasteiger charge is -2.50. The number of nitrogens with two attached hydrogens (primary N) is 1. The third-order valence-corrected chi connectivity index (χ3v) is 10.0. The zero-order valence-corrected chi connectivity index (χ0v) is 24.0. The van der Waals surface area contributed by atoms with E-state index in [-0.39, 0.29) is 21.4 Å². The maximum absolute atomic E-state index is 13.0. The van der Waals surface area contributed by atoms with Gasteiger partial charge in [0, 0.05) is 39.9 Å². The smallest absolute Gasteiger partial charge is 0.416 e. The molecule has 0 aliphatic carbocycles. The van der Waals surface area contributed by atoms with Crippen LogP contribution in [0.1, 0.15) is 12.0 Å². The van der Waals surface area contributed by atoms with Gasteiger partial charge in [-0.1, -0.05) is 11.6 Å². The lowest BCUT2D eigenvalue weighted by molar-refractivity contribution is -0.697. The van der Waals surface area contributed by atoms with Crippen LogP contribution < -0.4 is 20.7 Å². The molecule has 0 unspecified atom stereocenters. The van der Waals surface area contributed by atoms with E-state index in [0.29, 0.717) is 23.6 Å². The molecule has 8 nitrogen and oxygen atoms in total. The van der Waals surface area contributed by atoms with E-state index >= 15 is 0 Å². The van der Waals surface area contributed by atoms with Gasteiger partial charge in [-0.3, -0.25) is 14.5 Å². The predicted octanol–water partition coefficient (Wildman–Crippen LogP) is 2.28.